The average Bonchev–Trinajstić information content (AvgIpc) is 3.09. The summed E-state index contributed by atoms with van der Waals surface area (Å²) in [6, 6.07) is 55.3. The first-order valence-corrected chi connectivity index (χ1v) is 15.0. The van der Waals surface area contributed by atoms with Gasteiger partial charge in [0.05, 0.1) is 0 Å². The zero-order chi connectivity index (χ0) is 30.5. The normalized spacial score (nSPS) is 10.8. The Labute approximate surface area is 260 Å². The maximum atomic E-state index is 5.50. The van der Waals surface area contributed by atoms with Crippen molar-refractivity contribution < 1.29 is 0 Å². The first-order valence-electron chi connectivity index (χ1n) is 15.0. The minimum absolute atomic E-state index is 0.793. The third kappa shape index (κ3) is 5.63. The highest BCUT2D eigenvalue weighted by molar-refractivity contribution is 6.21. The van der Waals surface area contributed by atoms with Gasteiger partial charge in [-0.25, -0.2) is 0 Å². The van der Waals surface area contributed by atoms with Gasteiger partial charge in [0.15, 0.2) is 0 Å². The molecular weight excluding hydrogens is 532 g/mol. The molecular formula is C42H36N2. The molecule has 2 nitrogen and oxygen atoms in total. The summed E-state index contributed by atoms with van der Waals surface area (Å²) >= 11 is 0. The van der Waals surface area contributed by atoms with Crippen molar-refractivity contribution in [1.82, 2.24) is 0 Å². The second kappa shape index (κ2) is 12.8. The summed E-state index contributed by atoms with van der Waals surface area (Å²) < 4.78 is 0. The summed E-state index contributed by atoms with van der Waals surface area (Å²) in [5.41, 5.74) is 11.3. The Hall–Kier alpha value is -5.47. The molecule has 44 heavy (non-hydrogen) atoms. The molecule has 0 bridgehead atoms. The van der Waals surface area contributed by atoms with E-state index in [9.17, 15) is 0 Å². The number of nitrogens with one attached hydrogen (secondary N) is 1. The van der Waals surface area contributed by atoms with Gasteiger partial charge in [-0.2, -0.15) is 0 Å². The lowest BCUT2D eigenvalue weighted by Crippen LogP contribution is -2.16. The van der Waals surface area contributed by atoms with Crippen LogP contribution in [0.1, 0.15) is 16.7 Å². The smallest absolute Gasteiger partial charge is 0.0481 e. The van der Waals surface area contributed by atoms with Gasteiger partial charge in [-0.05, 0) is 94.2 Å². The van der Waals surface area contributed by atoms with Gasteiger partial charge in [-0.15, -0.1) is 0 Å². The van der Waals surface area contributed by atoms with Crippen LogP contribution >= 0.6 is 0 Å². The van der Waals surface area contributed by atoms with Crippen LogP contribution in [0.5, 0.6) is 0 Å². The van der Waals surface area contributed by atoms with E-state index in [1.165, 1.54) is 71.9 Å². The first-order chi connectivity index (χ1) is 21.7. The Morgan fingerprint density at radius 2 is 0.795 bits per heavy atom. The number of para-hydroxylation sites is 1. The molecule has 0 aliphatic carbocycles. The van der Waals surface area contributed by atoms with Crippen molar-refractivity contribution in [3.05, 3.63) is 168 Å². The molecule has 0 aliphatic heterocycles. The van der Waals surface area contributed by atoms with E-state index < -0.39 is 0 Å². The van der Waals surface area contributed by atoms with E-state index in [4.69, 9.17) is 5.41 Å². The molecule has 0 unspecified atom stereocenters. The van der Waals surface area contributed by atoms with Gasteiger partial charge in [0.2, 0.25) is 0 Å². The van der Waals surface area contributed by atoms with Crippen molar-refractivity contribution in [2.45, 2.75) is 20.4 Å². The maximum Gasteiger partial charge on any atom is 0.0481 e. The quantitative estimate of drug-likeness (QED) is 0.157. The molecule has 0 radical (unpaired) electrons. The number of hydrogen-bond donors (Lipinski definition) is 1. The van der Waals surface area contributed by atoms with Gasteiger partial charge in [-0.3, -0.25) is 0 Å². The van der Waals surface area contributed by atoms with Gasteiger partial charge < -0.3 is 10.3 Å². The highest BCUT2D eigenvalue weighted by Gasteiger charge is 2.17. The second-order valence-electron chi connectivity index (χ2n) is 11.2. The highest BCUT2D eigenvalue weighted by Crippen LogP contribution is 2.43. The van der Waals surface area contributed by atoms with Gasteiger partial charge in [0, 0.05) is 17.9 Å². The molecule has 0 saturated carbocycles. The maximum absolute atomic E-state index is 5.50. The number of rotatable bonds is 6. The number of nitrogens with zero attached hydrogens (tertiary/aromatic N) is 1. The Bertz CT molecular complexity index is 1950. The molecule has 0 amide bonds. The summed E-state index contributed by atoms with van der Waals surface area (Å²) in [4.78, 5) is 2.38. The lowest BCUT2D eigenvalue weighted by Gasteiger charge is -2.25. The van der Waals surface area contributed by atoms with Gasteiger partial charge >= 0.3 is 0 Å². The molecule has 0 aromatic heterocycles. The zero-order valence-electron chi connectivity index (χ0n) is 25.3. The number of aryl methyl sites for hydroxylation is 2. The van der Waals surface area contributed by atoms with Gasteiger partial charge in [0.25, 0.3) is 0 Å². The highest BCUT2D eigenvalue weighted by atomic mass is 15.1. The molecule has 0 aliphatic rings. The van der Waals surface area contributed by atoms with Crippen LogP contribution in [0, 0.1) is 19.3 Å². The first kappa shape index (κ1) is 28.6. The predicted octanol–water partition coefficient (Wildman–Crippen LogP) is 11.5. The van der Waals surface area contributed by atoms with Crippen LogP contribution in [-0.4, -0.2) is 6.72 Å². The molecule has 7 rings (SSSR count). The number of fused-ring (bicyclic) bond motifs is 2. The largest absolute Gasteiger partial charge is 0.337 e. The summed E-state index contributed by atoms with van der Waals surface area (Å²) in [6.07, 6.45) is 0. The van der Waals surface area contributed by atoms with Crippen molar-refractivity contribution in [3.8, 4) is 22.3 Å². The number of hydrogen-bond acceptors (Lipinski definition) is 2. The summed E-state index contributed by atoms with van der Waals surface area (Å²) in [5.74, 6) is 0. The SMILES string of the molecule is C=N.Cc1ccc(-c2c3ccccc3c(-c3ccc(CN(c4ccccc4)c4ccc(C)cc4)cc3)c3ccccc23)cc1. The predicted molar refractivity (Wildman–Crippen MR) is 190 cm³/mol. The van der Waals surface area contributed by atoms with Crippen LogP contribution in [0.25, 0.3) is 43.8 Å². The lowest BCUT2D eigenvalue weighted by molar-refractivity contribution is 0.975. The number of benzene rings is 7. The molecule has 0 atom stereocenters. The average molecular weight is 569 g/mol. The molecule has 0 spiro atoms. The van der Waals surface area contributed by atoms with Gasteiger partial charge in [0.1, 0.15) is 0 Å². The van der Waals surface area contributed by atoms with Crippen molar-refractivity contribution in [1.29, 1.82) is 5.41 Å². The molecule has 214 valence electrons. The van der Waals surface area contributed by atoms with Crippen LogP contribution < -0.4 is 4.90 Å². The molecule has 1 N–H and O–H groups in total. The fraction of sp³-hybridized carbons (Fsp3) is 0.0714. The number of anilines is 2. The third-order valence-electron chi connectivity index (χ3n) is 8.27. The Morgan fingerprint density at radius 1 is 0.432 bits per heavy atom. The standard InChI is InChI=1S/C41H33N.CH3N/c1-29-16-22-32(23-17-29)40-36-12-6-8-14-38(36)41(39-15-9-7-13-37(39)40)33-24-20-31(21-25-33)28-42(34-10-4-3-5-11-34)35-26-18-30(2)19-27-35;1-2/h3-27H,28H2,1-2H3;2H,1H2. The van der Waals surface area contributed by atoms with E-state index in [1.54, 1.807) is 0 Å². The van der Waals surface area contributed by atoms with E-state index in [0.717, 1.165) is 6.54 Å². The van der Waals surface area contributed by atoms with Crippen molar-refractivity contribution in [2.75, 3.05) is 4.90 Å². The Kier molecular flexibility index (Phi) is 8.34. The molecule has 0 heterocycles. The second-order valence-corrected chi connectivity index (χ2v) is 11.2. The monoisotopic (exact) mass is 568 g/mol. The minimum Gasteiger partial charge on any atom is -0.337 e. The van der Waals surface area contributed by atoms with Crippen LogP contribution in [0.4, 0.5) is 11.4 Å². The summed E-state index contributed by atoms with van der Waals surface area (Å²) in [7, 11) is 0. The van der Waals surface area contributed by atoms with Crippen molar-refractivity contribution in [2.24, 2.45) is 0 Å². The van der Waals surface area contributed by atoms with Crippen LogP contribution in [0.15, 0.2) is 152 Å². The topological polar surface area (TPSA) is 27.1 Å². The molecule has 7 aromatic rings. The Balaban J connectivity index is 0.00000168. The molecule has 7 aromatic carbocycles. The minimum atomic E-state index is 0.793. The van der Waals surface area contributed by atoms with E-state index in [-0.39, 0.29) is 0 Å². The third-order valence-corrected chi connectivity index (χ3v) is 8.27. The zero-order valence-corrected chi connectivity index (χ0v) is 25.3. The van der Waals surface area contributed by atoms with E-state index in [2.05, 4.69) is 177 Å². The lowest BCUT2D eigenvalue weighted by atomic mass is 9.86. The molecule has 0 fully saturated rings. The van der Waals surface area contributed by atoms with E-state index in [0.29, 0.717) is 0 Å². The summed E-state index contributed by atoms with van der Waals surface area (Å²) in [5, 5.41) is 10.6. The fourth-order valence-corrected chi connectivity index (χ4v) is 6.09. The van der Waals surface area contributed by atoms with Crippen molar-refractivity contribution >= 4 is 39.6 Å². The van der Waals surface area contributed by atoms with Gasteiger partial charge in [-0.1, -0.05) is 139 Å². The van der Waals surface area contributed by atoms with Crippen LogP contribution in [0.3, 0.4) is 0 Å². The van der Waals surface area contributed by atoms with Crippen molar-refractivity contribution in [3.63, 3.8) is 0 Å². The van der Waals surface area contributed by atoms with Crippen LogP contribution in [-0.2, 0) is 6.54 Å². The molecule has 0 saturated heterocycles. The van der Waals surface area contributed by atoms with E-state index >= 15 is 0 Å². The fourth-order valence-electron chi connectivity index (χ4n) is 6.09. The van der Waals surface area contributed by atoms with E-state index in [1.807, 2.05) is 0 Å². The molecule has 2 heteroatoms. The Morgan fingerprint density at radius 3 is 1.25 bits per heavy atom. The summed E-state index contributed by atoms with van der Waals surface area (Å²) in [6.45, 7) is 7.57. The van der Waals surface area contributed by atoms with Crippen LogP contribution in [0.2, 0.25) is 0 Å².